The lowest BCUT2D eigenvalue weighted by atomic mass is 10.2. The Morgan fingerprint density at radius 1 is 1.36 bits per heavy atom. The first-order valence-corrected chi connectivity index (χ1v) is 8.03. The van der Waals surface area contributed by atoms with Gasteiger partial charge in [-0.15, -0.1) is 10.2 Å². The molecular formula is C15H24N6O. The Morgan fingerprint density at radius 3 is 3.09 bits per heavy atom. The molecule has 0 spiro atoms. The summed E-state index contributed by atoms with van der Waals surface area (Å²) in [6, 6.07) is 0. The predicted octanol–water partition coefficient (Wildman–Crippen LogP) is 1.48. The molecular weight excluding hydrogens is 280 g/mol. The molecule has 0 amide bonds. The van der Waals surface area contributed by atoms with E-state index in [1.165, 1.54) is 5.56 Å². The second-order valence-electron chi connectivity index (χ2n) is 5.68. The van der Waals surface area contributed by atoms with Gasteiger partial charge in [-0.05, 0) is 13.3 Å². The fourth-order valence-corrected chi connectivity index (χ4v) is 2.86. The number of hydrogen-bond donors (Lipinski definition) is 0. The van der Waals surface area contributed by atoms with Gasteiger partial charge in [0.1, 0.15) is 12.4 Å². The molecule has 0 N–H and O–H groups in total. The van der Waals surface area contributed by atoms with E-state index in [-0.39, 0.29) is 6.10 Å². The predicted molar refractivity (Wildman–Crippen MR) is 82.2 cm³/mol. The van der Waals surface area contributed by atoms with Crippen molar-refractivity contribution < 1.29 is 4.74 Å². The maximum Gasteiger partial charge on any atom is 0.163 e. The Labute approximate surface area is 130 Å². The third-order valence-electron chi connectivity index (χ3n) is 3.97. The number of hydrogen-bond acceptors (Lipinski definition) is 5. The third kappa shape index (κ3) is 3.36. The second-order valence-corrected chi connectivity index (χ2v) is 5.68. The Kier molecular flexibility index (Phi) is 4.84. The van der Waals surface area contributed by atoms with Gasteiger partial charge in [0, 0.05) is 44.5 Å². The van der Waals surface area contributed by atoms with Gasteiger partial charge in [-0.2, -0.15) is 5.10 Å². The lowest BCUT2D eigenvalue weighted by Gasteiger charge is -2.32. The van der Waals surface area contributed by atoms with Gasteiger partial charge < -0.3 is 9.30 Å². The molecule has 0 aromatic carbocycles. The van der Waals surface area contributed by atoms with Gasteiger partial charge in [0.25, 0.3) is 0 Å². The lowest BCUT2D eigenvalue weighted by molar-refractivity contribution is -0.0388. The van der Waals surface area contributed by atoms with Crippen molar-refractivity contribution in [3.8, 4) is 0 Å². The van der Waals surface area contributed by atoms with E-state index in [4.69, 9.17) is 4.74 Å². The molecule has 1 saturated heterocycles. The van der Waals surface area contributed by atoms with E-state index < -0.39 is 0 Å². The zero-order chi connectivity index (χ0) is 15.4. The standard InChI is InChI=1S/C15H24N6O/c1-3-5-21-10-13(8-17-21)9-19-6-7-22-14(11-19)15-18-16-12-20(15)4-2/h8,10,12,14H,3-7,9,11H2,1-2H3/t14-/m1/s1. The quantitative estimate of drug-likeness (QED) is 0.809. The van der Waals surface area contributed by atoms with Gasteiger partial charge >= 0.3 is 0 Å². The Bertz CT molecular complexity index is 592. The van der Waals surface area contributed by atoms with Gasteiger partial charge in [-0.3, -0.25) is 9.58 Å². The first-order valence-electron chi connectivity index (χ1n) is 8.03. The summed E-state index contributed by atoms with van der Waals surface area (Å²) in [7, 11) is 0. The van der Waals surface area contributed by atoms with Crippen LogP contribution in [-0.4, -0.2) is 49.1 Å². The zero-order valence-electron chi connectivity index (χ0n) is 13.4. The topological polar surface area (TPSA) is 61.0 Å². The molecule has 1 aliphatic rings. The van der Waals surface area contributed by atoms with E-state index in [9.17, 15) is 0 Å². The third-order valence-corrected chi connectivity index (χ3v) is 3.97. The van der Waals surface area contributed by atoms with E-state index in [1.54, 1.807) is 6.33 Å². The monoisotopic (exact) mass is 304 g/mol. The van der Waals surface area contributed by atoms with E-state index >= 15 is 0 Å². The summed E-state index contributed by atoms with van der Waals surface area (Å²) in [6.45, 7) is 9.52. The largest absolute Gasteiger partial charge is 0.368 e. The summed E-state index contributed by atoms with van der Waals surface area (Å²) in [4.78, 5) is 2.40. The maximum absolute atomic E-state index is 5.89. The van der Waals surface area contributed by atoms with Crippen molar-refractivity contribution in [3.05, 3.63) is 30.1 Å². The van der Waals surface area contributed by atoms with Crippen LogP contribution in [0, 0.1) is 0 Å². The highest BCUT2D eigenvalue weighted by Gasteiger charge is 2.26. The normalized spacial score (nSPS) is 19.6. The number of aromatic nitrogens is 5. The molecule has 0 saturated carbocycles. The molecule has 120 valence electrons. The van der Waals surface area contributed by atoms with Crippen molar-refractivity contribution in [1.29, 1.82) is 0 Å². The highest BCUT2D eigenvalue weighted by molar-refractivity contribution is 5.04. The van der Waals surface area contributed by atoms with Crippen LogP contribution in [0.15, 0.2) is 18.7 Å². The Hall–Kier alpha value is -1.73. The molecule has 3 heterocycles. The smallest absolute Gasteiger partial charge is 0.163 e. The molecule has 7 heteroatoms. The minimum Gasteiger partial charge on any atom is -0.368 e. The molecule has 22 heavy (non-hydrogen) atoms. The van der Waals surface area contributed by atoms with Gasteiger partial charge in [-0.25, -0.2) is 0 Å². The molecule has 1 fully saturated rings. The number of rotatable bonds is 6. The van der Waals surface area contributed by atoms with Gasteiger partial charge in [0.2, 0.25) is 0 Å². The molecule has 7 nitrogen and oxygen atoms in total. The molecule has 1 aliphatic heterocycles. The fourth-order valence-electron chi connectivity index (χ4n) is 2.86. The van der Waals surface area contributed by atoms with E-state index in [0.29, 0.717) is 0 Å². The zero-order valence-corrected chi connectivity index (χ0v) is 13.4. The molecule has 2 aromatic heterocycles. The van der Waals surface area contributed by atoms with Crippen LogP contribution in [0.1, 0.15) is 37.8 Å². The molecule has 0 bridgehead atoms. The first kappa shape index (κ1) is 15.2. The van der Waals surface area contributed by atoms with Crippen molar-refractivity contribution in [2.75, 3.05) is 19.7 Å². The molecule has 1 atom stereocenters. The van der Waals surface area contributed by atoms with Crippen LogP contribution in [-0.2, 0) is 24.4 Å². The van der Waals surface area contributed by atoms with Gasteiger partial charge in [0.15, 0.2) is 5.82 Å². The van der Waals surface area contributed by atoms with Crippen LogP contribution >= 0.6 is 0 Å². The molecule has 0 aliphatic carbocycles. The summed E-state index contributed by atoms with van der Waals surface area (Å²) < 4.78 is 9.95. The van der Waals surface area contributed by atoms with Crippen LogP contribution in [0.2, 0.25) is 0 Å². The summed E-state index contributed by atoms with van der Waals surface area (Å²) in [5.41, 5.74) is 1.26. The van der Waals surface area contributed by atoms with E-state index in [0.717, 1.165) is 51.6 Å². The highest BCUT2D eigenvalue weighted by atomic mass is 16.5. The van der Waals surface area contributed by atoms with Crippen molar-refractivity contribution in [2.45, 2.75) is 46.0 Å². The number of aryl methyl sites for hydroxylation is 2. The molecule has 2 aromatic rings. The van der Waals surface area contributed by atoms with E-state index in [2.05, 4.69) is 40.2 Å². The SMILES string of the molecule is CCCn1cc(CN2CCO[C@@H](c3nncn3CC)C2)cn1. The summed E-state index contributed by atoms with van der Waals surface area (Å²) in [6.07, 6.45) is 6.98. The Balaban J connectivity index is 1.62. The average molecular weight is 304 g/mol. The number of ether oxygens (including phenoxy) is 1. The van der Waals surface area contributed by atoms with Crippen molar-refractivity contribution >= 4 is 0 Å². The molecule has 0 radical (unpaired) electrons. The fraction of sp³-hybridized carbons (Fsp3) is 0.667. The van der Waals surface area contributed by atoms with Crippen molar-refractivity contribution in [1.82, 2.24) is 29.4 Å². The van der Waals surface area contributed by atoms with Crippen molar-refractivity contribution in [2.24, 2.45) is 0 Å². The Morgan fingerprint density at radius 2 is 2.27 bits per heavy atom. The summed E-state index contributed by atoms with van der Waals surface area (Å²) in [5, 5.41) is 12.6. The summed E-state index contributed by atoms with van der Waals surface area (Å²) >= 11 is 0. The second kappa shape index (κ2) is 7.02. The lowest BCUT2D eigenvalue weighted by Crippen LogP contribution is -2.38. The average Bonchev–Trinajstić information content (AvgIpc) is 3.17. The minimum atomic E-state index is 0.00175. The van der Waals surface area contributed by atoms with Crippen LogP contribution in [0.3, 0.4) is 0 Å². The van der Waals surface area contributed by atoms with Gasteiger partial charge in [-0.1, -0.05) is 6.92 Å². The maximum atomic E-state index is 5.89. The van der Waals surface area contributed by atoms with Gasteiger partial charge in [0.05, 0.1) is 12.8 Å². The summed E-state index contributed by atoms with van der Waals surface area (Å²) in [5.74, 6) is 0.925. The van der Waals surface area contributed by atoms with Crippen LogP contribution in [0.25, 0.3) is 0 Å². The van der Waals surface area contributed by atoms with Crippen LogP contribution in [0.4, 0.5) is 0 Å². The minimum absolute atomic E-state index is 0.00175. The van der Waals surface area contributed by atoms with Crippen LogP contribution < -0.4 is 0 Å². The number of morpholine rings is 1. The van der Waals surface area contributed by atoms with E-state index in [1.807, 2.05) is 15.4 Å². The number of nitrogens with zero attached hydrogens (tertiary/aromatic N) is 6. The molecule has 3 rings (SSSR count). The first-order chi connectivity index (χ1) is 10.8. The molecule has 0 unspecified atom stereocenters. The van der Waals surface area contributed by atoms with Crippen molar-refractivity contribution in [3.63, 3.8) is 0 Å². The van der Waals surface area contributed by atoms with Crippen LogP contribution in [0.5, 0.6) is 0 Å². The highest BCUT2D eigenvalue weighted by Crippen LogP contribution is 2.21.